The molecule has 2 aliphatic carbocycles. The van der Waals surface area contributed by atoms with E-state index in [2.05, 4.69) is 69.6 Å². The lowest BCUT2D eigenvalue weighted by atomic mass is 9.61. The number of hydrogen-bond donors (Lipinski definition) is 1. The van der Waals surface area contributed by atoms with Crippen LogP contribution in [0.3, 0.4) is 0 Å². The van der Waals surface area contributed by atoms with Gasteiger partial charge in [-0.1, -0.05) is 40.2 Å². The number of nitrogens with zero attached hydrogens (tertiary/aromatic N) is 2. The molecular formula is C26H30BrN3O. The molecule has 5 rings (SSSR count). The SMILES string of the molecule is CN1C=C2C[C@@H]3[C@H](C[C@@H](CNC(=O)/C=C/c4ccc(Br)cc4)CN3C)C3C=CC=C1C23. The zero-order chi connectivity index (χ0) is 21.5. The first-order valence-corrected chi connectivity index (χ1v) is 12.0. The van der Waals surface area contributed by atoms with E-state index in [0.717, 1.165) is 23.1 Å². The van der Waals surface area contributed by atoms with Crippen LogP contribution in [0.1, 0.15) is 18.4 Å². The Balaban J connectivity index is 1.22. The number of nitrogens with one attached hydrogen (secondary N) is 1. The molecule has 5 atom stereocenters. The second-order valence-electron chi connectivity index (χ2n) is 9.45. The first kappa shape index (κ1) is 20.8. The fraction of sp³-hybridized carbons (Fsp3) is 0.423. The summed E-state index contributed by atoms with van der Waals surface area (Å²) >= 11 is 3.44. The van der Waals surface area contributed by atoms with Gasteiger partial charge in [-0.25, -0.2) is 0 Å². The lowest BCUT2D eigenvalue weighted by Gasteiger charge is -2.51. The van der Waals surface area contributed by atoms with Crippen molar-refractivity contribution in [3.8, 4) is 0 Å². The maximum atomic E-state index is 12.4. The van der Waals surface area contributed by atoms with Gasteiger partial charge < -0.3 is 15.1 Å². The molecule has 162 valence electrons. The van der Waals surface area contributed by atoms with E-state index in [1.54, 1.807) is 11.6 Å². The normalized spacial score (nSPS) is 31.8. The van der Waals surface area contributed by atoms with E-state index in [1.807, 2.05) is 30.3 Å². The first-order chi connectivity index (χ1) is 15.0. The third-order valence-corrected chi connectivity index (χ3v) is 8.01. The van der Waals surface area contributed by atoms with Crippen molar-refractivity contribution >= 4 is 27.9 Å². The van der Waals surface area contributed by atoms with Gasteiger partial charge in [-0.2, -0.15) is 0 Å². The number of hydrogen-bond acceptors (Lipinski definition) is 3. The summed E-state index contributed by atoms with van der Waals surface area (Å²) in [6.07, 6.45) is 15.2. The van der Waals surface area contributed by atoms with Gasteiger partial charge in [-0.15, -0.1) is 0 Å². The van der Waals surface area contributed by atoms with Crippen LogP contribution >= 0.6 is 15.9 Å². The monoisotopic (exact) mass is 479 g/mol. The highest BCUT2D eigenvalue weighted by Crippen LogP contribution is 2.52. The average Bonchev–Trinajstić information content (AvgIpc) is 3.09. The Labute approximate surface area is 193 Å². The summed E-state index contributed by atoms with van der Waals surface area (Å²) in [5.74, 6) is 2.26. The maximum Gasteiger partial charge on any atom is 0.244 e. The molecule has 4 nitrogen and oxygen atoms in total. The van der Waals surface area contributed by atoms with Gasteiger partial charge in [0.1, 0.15) is 0 Å². The number of likely N-dealkylation sites (tertiary alicyclic amines) is 1. The van der Waals surface area contributed by atoms with Gasteiger partial charge in [0.15, 0.2) is 0 Å². The van der Waals surface area contributed by atoms with Crippen molar-refractivity contribution in [1.29, 1.82) is 0 Å². The highest BCUT2D eigenvalue weighted by molar-refractivity contribution is 9.10. The summed E-state index contributed by atoms with van der Waals surface area (Å²) in [6, 6.07) is 8.57. The van der Waals surface area contributed by atoms with Crippen LogP contribution in [-0.2, 0) is 4.79 Å². The molecule has 2 unspecified atom stereocenters. The number of carbonyl (C=O) groups excluding carboxylic acids is 1. The van der Waals surface area contributed by atoms with E-state index >= 15 is 0 Å². The lowest BCUT2D eigenvalue weighted by Crippen LogP contribution is -2.54. The number of allylic oxidation sites excluding steroid dienone is 4. The van der Waals surface area contributed by atoms with E-state index in [4.69, 9.17) is 0 Å². The van der Waals surface area contributed by atoms with Gasteiger partial charge in [0.05, 0.1) is 0 Å². The molecule has 1 saturated carbocycles. The number of halogens is 1. The summed E-state index contributed by atoms with van der Waals surface area (Å²) < 4.78 is 1.04. The van der Waals surface area contributed by atoms with Crippen LogP contribution < -0.4 is 5.32 Å². The Morgan fingerprint density at radius 1 is 1.26 bits per heavy atom. The number of rotatable bonds is 4. The van der Waals surface area contributed by atoms with Crippen LogP contribution in [0, 0.1) is 23.7 Å². The third kappa shape index (κ3) is 4.06. The molecule has 2 heterocycles. The smallest absolute Gasteiger partial charge is 0.244 e. The highest BCUT2D eigenvalue weighted by atomic mass is 79.9. The molecular weight excluding hydrogens is 450 g/mol. The van der Waals surface area contributed by atoms with Crippen molar-refractivity contribution in [3.05, 3.63) is 76.1 Å². The molecule has 0 radical (unpaired) electrons. The van der Waals surface area contributed by atoms with Gasteiger partial charge in [-0.05, 0) is 73.1 Å². The Kier molecular flexibility index (Phi) is 5.65. The van der Waals surface area contributed by atoms with Crippen molar-refractivity contribution in [2.45, 2.75) is 18.9 Å². The minimum atomic E-state index is -0.0123. The summed E-state index contributed by atoms with van der Waals surface area (Å²) in [5.41, 5.74) is 4.08. The summed E-state index contributed by atoms with van der Waals surface area (Å²) in [7, 11) is 4.45. The number of piperidine rings is 1. The Hall–Kier alpha value is -2.11. The molecule has 1 aromatic carbocycles. The van der Waals surface area contributed by atoms with Gasteiger partial charge in [0, 0.05) is 54.5 Å². The molecule has 1 N–H and O–H groups in total. The zero-order valence-corrected chi connectivity index (χ0v) is 19.8. The average molecular weight is 480 g/mol. The number of amides is 1. The molecule has 2 fully saturated rings. The van der Waals surface area contributed by atoms with Crippen LogP contribution in [0.15, 0.2) is 70.5 Å². The van der Waals surface area contributed by atoms with E-state index in [1.165, 1.54) is 18.5 Å². The molecule has 0 spiro atoms. The summed E-state index contributed by atoms with van der Waals surface area (Å²) in [6.45, 7) is 1.79. The van der Waals surface area contributed by atoms with Crippen LogP contribution in [0.25, 0.3) is 6.08 Å². The number of benzene rings is 1. The van der Waals surface area contributed by atoms with Gasteiger partial charge in [0.25, 0.3) is 0 Å². The van der Waals surface area contributed by atoms with Crippen LogP contribution in [0.2, 0.25) is 0 Å². The van der Waals surface area contributed by atoms with Crippen LogP contribution in [0.5, 0.6) is 0 Å². The van der Waals surface area contributed by atoms with Crippen molar-refractivity contribution in [2.24, 2.45) is 23.7 Å². The lowest BCUT2D eigenvalue weighted by molar-refractivity contribution is -0.116. The molecule has 5 heteroatoms. The highest BCUT2D eigenvalue weighted by Gasteiger charge is 2.49. The van der Waals surface area contributed by atoms with E-state index in [9.17, 15) is 4.79 Å². The van der Waals surface area contributed by atoms with Gasteiger partial charge in [-0.3, -0.25) is 4.79 Å². The molecule has 0 bridgehead atoms. The molecule has 4 aliphatic rings. The largest absolute Gasteiger partial charge is 0.354 e. The summed E-state index contributed by atoms with van der Waals surface area (Å²) in [4.78, 5) is 17.3. The minimum Gasteiger partial charge on any atom is -0.354 e. The summed E-state index contributed by atoms with van der Waals surface area (Å²) in [5, 5.41) is 3.15. The fourth-order valence-electron chi connectivity index (χ4n) is 6.09. The first-order valence-electron chi connectivity index (χ1n) is 11.2. The quantitative estimate of drug-likeness (QED) is 0.648. The van der Waals surface area contributed by atoms with Crippen LogP contribution in [-0.4, -0.2) is 48.9 Å². The van der Waals surface area contributed by atoms with Gasteiger partial charge in [0.2, 0.25) is 5.91 Å². The minimum absolute atomic E-state index is 0.0123. The molecule has 1 aromatic rings. The van der Waals surface area contributed by atoms with Crippen molar-refractivity contribution in [1.82, 2.24) is 15.1 Å². The second-order valence-corrected chi connectivity index (χ2v) is 10.4. The predicted molar refractivity (Wildman–Crippen MR) is 129 cm³/mol. The maximum absolute atomic E-state index is 12.4. The Morgan fingerprint density at radius 2 is 2.06 bits per heavy atom. The number of fused-ring (bicyclic) bond motifs is 2. The third-order valence-electron chi connectivity index (χ3n) is 7.48. The topological polar surface area (TPSA) is 35.6 Å². The predicted octanol–water partition coefficient (Wildman–Crippen LogP) is 4.43. The van der Waals surface area contributed by atoms with Gasteiger partial charge >= 0.3 is 0 Å². The van der Waals surface area contributed by atoms with E-state index in [-0.39, 0.29) is 5.91 Å². The molecule has 0 aromatic heterocycles. The van der Waals surface area contributed by atoms with E-state index in [0.29, 0.717) is 29.7 Å². The van der Waals surface area contributed by atoms with Crippen molar-refractivity contribution in [3.63, 3.8) is 0 Å². The zero-order valence-electron chi connectivity index (χ0n) is 18.2. The molecule has 1 saturated heterocycles. The van der Waals surface area contributed by atoms with E-state index < -0.39 is 0 Å². The molecule has 31 heavy (non-hydrogen) atoms. The Bertz CT molecular complexity index is 977. The second kappa shape index (κ2) is 8.44. The van der Waals surface area contributed by atoms with Crippen molar-refractivity contribution < 1.29 is 4.79 Å². The van der Waals surface area contributed by atoms with Crippen LogP contribution in [0.4, 0.5) is 0 Å². The standard InChI is InChI=1S/C26H30BrN3O/c1-29-15-18(14-28-25(31)11-8-17-6-9-20(27)10-7-17)12-22-21-4-3-5-23-26(21)19(13-24(22)29)16-30(23)2/h3-11,16,18,21-22,24,26H,12-15H2,1-2H3,(H,28,31)/b11-8+/t18-,21?,22+,24+,26?/m0/s1. The molecule has 2 aliphatic heterocycles. The molecule has 1 amide bonds. The number of carbonyl (C=O) groups is 1. The van der Waals surface area contributed by atoms with Crippen molar-refractivity contribution in [2.75, 3.05) is 27.2 Å². The fourth-order valence-corrected chi connectivity index (χ4v) is 6.35. The Morgan fingerprint density at radius 3 is 2.87 bits per heavy atom.